The molecule has 0 radical (unpaired) electrons. The topological polar surface area (TPSA) is 82.2 Å². The van der Waals surface area contributed by atoms with E-state index in [1.807, 2.05) is 19.9 Å². The summed E-state index contributed by atoms with van der Waals surface area (Å²) in [7, 11) is 0. The van der Waals surface area contributed by atoms with E-state index in [0.29, 0.717) is 24.9 Å². The van der Waals surface area contributed by atoms with Crippen LogP contribution in [-0.2, 0) is 11.3 Å². The summed E-state index contributed by atoms with van der Waals surface area (Å²) in [5.41, 5.74) is 2.83. The lowest BCUT2D eigenvalue weighted by Gasteiger charge is -2.15. The van der Waals surface area contributed by atoms with Crippen LogP contribution in [0.3, 0.4) is 0 Å². The van der Waals surface area contributed by atoms with Crippen molar-refractivity contribution in [3.05, 3.63) is 34.7 Å². The average Bonchev–Trinajstić information content (AvgIpc) is 3.24. The third-order valence-electron chi connectivity index (χ3n) is 4.66. The van der Waals surface area contributed by atoms with Crippen molar-refractivity contribution in [3.8, 4) is 0 Å². The summed E-state index contributed by atoms with van der Waals surface area (Å²) in [5.74, 6) is 1.18. The number of hydrogen-bond donors (Lipinski definition) is 1. The molecule has 24 heavy (non-hydrogen) atoms. The monoisotopic (exact) mass is 332 g/mol. The van der Waals surface area contributed by atoms with Gasteiger partial charge < -0.3 is 19.1 Å². The Morgan fingerprint density at radius 3 is 2.83 bits per heavy atom. The van der Waals surface area contributed by atoms with Crippen LogP contribution in [0.2, 0.25) is 0 Å². The lowest BCUT2D eigenvalue weighted by Crippen LogP contribution is -2.31. The molecule has 0 saturated carbocycles. The van der Waals surface area contributed by atoms with E-state index in [-0.39, 0.29) is 17.9 Å². The van der Waals surface area contributed by atoms with Crippen molar-refractivity contribution < 1.29 is 14.1 Å². The zero-order chi connectivity index (χ0) is 17.3. The molecule has 7 nitrogen and oxygen atoms in total. The number of rotatable bonds is 5. The Morgan fingerprint density at radius 2 is 2.21 bits per heavy atom. The maximum absolute atomic E-state index is 12.5. The smallest absolute Gasteiger partial charge is 0.256 e. The Balaban J connectivity index is 1.65. The number of ether oxygens (including phenoxy) is 1. The fourth-order valence-electron chi connectivity index (χ4n) is 3.38. The summed E-state index contributed by atoms with van der Waals surface area (Å²) < 4.78 is 13.1. The van der Waals surface area contributed by atoms with Crippen LogP contribution in [-0.4, -0.2) is 33.8 Å². The summed E-state index contributed by atoms with van der Waals surface area (Å²) >= 11 is 0. The number of aryl methyl sites for hydroxylation is 2. The fourth-order valence-corrected chi connectivity index (χ4v) is 3.38. The molecule has 1 amide bonds. The Bertz CT molecular complexity index is 734. The van der Waals surface area contributed by atoms with E-state index >= 15 is 0 Å². The highest BCUT2D eigenvalue weighted by atomic mass is 16.5. The predicted molar refractivity (Wildman–Crippen MR) is 87.7 cm³/mol. The van der Waals surface area contributed by atoms with Gasteiger partial charge in [0.05, 0.1) is 5.56 Å². The molecule has 0 aliphatic carbocycles. The van der Waals surface area contributed by atoms with E-state index in [2.05, 4.69) is 26.9 Å². The molecule has 0 aromatic carbocycles. The number of carbonyl (C=O) groups excluding carboxylic acids is 1. The molecule has 0 unspecified atom stereocenters. The summed E-state index contributed by atoms with van der Waals surface area (Å²) in [5, 5.41) is 6.85. The van der Waals surface area contributed by atoms with Crippen LogP contribution in [0.4, 0.5) is 0 Å². The van der Waals surface area contributed by atoms with E-state index in [1.165, 1.54) is 0 Å². The van der Waals surface area contributed by atoms with E-state index in [0.717, 1.165) is 29.9 Å². The van der Waals surface area contributed by atoms with Gasteiger partial charge in [0.1, 0.15) is 6.10 Å². The highest BCUT2D eigenvalue weighted by Gasteiger charge is 2.34. The van der Waals surface area contributed by atoms with Crippen LogP contribution >= 0.6 is 0 Å². The van der Waals surface area contributed by atoms with Crippen LogP contribution in [0.5, 0.6) is 0 Å². The second-order valence-electron chi connectivity index (χ2n) is 6.26. The van der Waals surface area contributed by atoms with Gasteiger partial charge in [-0.25, -0.2) is 0 Å². The van der Waals surface area contributed by atoms with Gasteiger partial charge >= 0.3 is 0 Å². The highest BCUT2D eigenvalue weighted by Crippen LogP contribution is 2.33. The van der Waals surface area contributed by atoms with Gasteiger partial charge in [-0.05, 0) is 40.2 Å². The van der Waals surface area contributed by atoms with Gasteiger partial charge in [-0.3, -0.25) is 4.79 Å². The summed E-state index contributed by atoms with van der Waals surface area (Å²) in [6.45, 7) is 9.88. The lowest BCUT2D eigenvalue weighted by atomic mass is 10.0. The molecule has 7 heteroatoms. The molecule has 0 spiro atoms. The van der Waals surface area contributed by atoms with Crippen LogP contribution in [0.25, 0.3) is 0 Å². The van der Waals surface area contributed by atoms with Crippen molar-refractivity contribution in [1.29, 1.82) is 0 Å². The van der Waals surface area contributed by atoms with Crippen molar-refractivity contribution >= 4 is 5.91 Å². The Morgan fingerprint density at radius 1 is 1.42 bits per heavy atom. The number of amides is 1. The second-order valence-corrected chi connectivity index (χ2v) is 6.26. The van der Waals surface area contributed by atoms with Gasteiger partial charge in [0.25, 0.3) is 11.8 Å². The van der Waals surface area contributed by atoms with Crippen LogP contribution in [0, 0.1) is 26.7 Å². The Hall–Kier alpha value is -2.15. The van der Waals surface area contributed by atoms with Crippen molar-refractivity contribution in [1.82, 2.24) is 20.0 Å². The maximum Gasteiger partial charge on any atom is 0.256 e. The van der Waals surface area contributed by atoms with Crippen molar-refractivity contribution in [2.75, 3.05) is 13.2 Å². The third kappa shape index (κ3) is 3.08. The molecule has 2 atom stereocenters. The average molecular weight is 332 g/mol. The molecule has 1 aliphatic rings. The molecule has 1 fully saturated rings. The zero-order valence-corrected chi connectivity index (χ0v) is 14.6. The SMILES string of the molecule is CCn1c(C)cc(C(=O)NC[C@@H]2CCO[C@@H]2c2nc(C)no2)c1C. The van der Waals surface area contributed by atoms with Gasteiger partial charge in [-0.2, -0.15) is 4.98 Å². The number of aromatic nitrogens is 3. The minimum absolute atomic E-state index is 0.0461. The van der Waals surface area contributed by atoms with E-state index in [4.69, 9.17) is 9.26 Å². The lowest BCUT2D eigenvalue weighted by molar-refractivity contribution is 0.0613. The molecular weight excluding hydrogens is 308 g/mol. The molecule has 1 N–H and O–H groups in total. The molecule has 130 valence electrons. The first kappa shape index (κ1) is 16.7. The summed E-state index contributed by atoms with van der Waals surface area (Å²) in [6, 6.07) is 1.94. The Labute approximate surface area is 141 Å². The van der Waals surface area contributed by atoms with E-state index < -0.39 is 0 Å². The Kier molecular flexibility index (Phi) is 4.71. The number of hydrogen-bond acceptors (Lipinski definition) is 5. The van der Waals surface area contributed by atoms with Crippen LogP contribution in [0.15, 0.2) is 10.6 Å². The molecule has 0 bridgehead atoms. The van der Waals surface area contributed by atoms with Gasteiger partial charge in [0, 0.05) is 37.0 Å². The normalized spacial score (nSPS) is 20.5. The van der Waals surface area contributed by atoms with Gasteiger partial charge in [0.2, 0.25) is 0 Å². The first-order chi connectivity index (χ1) is 11.5. The van der Waals surface area contributed by atoms with Gasteiger partial charge in [-0.15, -0.1) is 0 Å². The zero-order valence-electron chi connectivity index (χ0n) is 14.6. The quantitative estimate of drug-likeness (QED) is 0.908. The minimum atomic E-state index is -0.241. The fraction of sp³-hybridized carbons (Fsp3) is 0.588. The predicted octanol–water partition coefficient (Wildman–Crippen LogP) is 2.32. The summed E-state index contributed by atoms with van der Waals surface area (Å²) in [4.78, 5) is 16.8. The highest BCUT2D eigenvalue weighted by molar-refractivity contribution is 5.95. The van der Waals surface area contributed by atoms with Crippen molar-refractivity contribution in [2.24, 2.45) is 5.92 Å². The minimum Gasteiger partial charge on any atom is -0.368 e. The first-order valence-corrected chi connectivity index (χ1v) is 8.38. The number of nitrogens with one attached hydrogen (secondary N) is 1. The molecule has 3 heterocycles. The molecule has 1 aliphatic heterocycles. The maximum atomic E-state index is 12.5. The molecule has 1 saturated heterocycles. The van der Waals surface area contributed by atoms with Crippen molar-refractivity contribution in [2.45, 2.75) is 46.8 Å². The number of carbonyl (C=O) groups is 1. The van der Waals surface area contributed by atoms with Crippen LogP contribution in [0.1, 0.15) is 52.9 Å². The van der Waals surface area contributed by atoms with E-state index in [9.17, 15) is 4.79 Å². The standard InChI is InChI=1S/C17H24N4O3/c1-5-21-10(2)8-14(11(21)3)16(22)18-9-13-6-7-23-15(13)17-19-12(4)20-24-17/h8,13,15H,5-7,9H2,1-4H3,(H,18,22)/t13-,15-/m0/s1. The summed E-state index contributed by atoms with van der Waals surface area (Å²) in [6.07, 6.45) is 0.620. The molecule has 2 aromatic heterocycles. The second kappa shape index (κ2) is 6.76. The van der Waals surface area contributed by atoms with Gasteiger partial charge in [0.15, 0.2) is 5.82 Å². The van der Waals surface area contributed by atoms with E-state index in [1.54, 1.807) is 6.92 Å². The third-order valence-corrected chi connectivity index (χ3v) is 4.66. The molecular formula is C17H24N4O3. The van der Waals surface area contributed by atoms with Gasteiger partial charge in [-0.1, -0.05) is 5.16 Å². The molecule has 2 aromatic rings. The molecule has 3 rings (SSSR count). The van der Waals surface area contributed by atoms with Crippen LogP contribution < -0.4 is 5.32 Å². The van der Waals surface area contributed by atoms with Crippen molar-refractivity contribution in [3.63, 3.8) is 0 Å². The first-order valence-electron chi connectivity index (χ1n) is 8.38. The largest absolute Gasteiger partial charge is 0.368 e. The number of nitrogens with zero attached hydrogens (tertiary/aromatic N) is 3.